The maximum absolute atomic E-state index is 13.1. The van der Waals surface area contributed by atoms with Gasteiger partial charge in [-0.25, -0.2) is 9.78 Å². The van der Waals surface area contributed by atoms with E-state index in [9.17, 15) is 29.4 Å². The van der Waals surface area contributed by atoms with Crippen LogP contribution in [0.15, 0.2) is 36.8 Å². The van der Waals surface area contributed by atoms with Crippen LogP contribution in [0, 0.1) is 5.92 Å². The number of nitrogens with one attached hydrogen (secondary N) is 4. The van der Waals surface area contributed by atoms with E-state index in [0.29, 0.717) is 11.3 Å². The average molecular weight is 489 g/mol. The summed E-state index contributed by atoms with van der Waals surface area (Å²) in [5.74, 6) is -3.46. The highest BCUT2D eigenvalue weighted by molar-refractivity contribution is 5.94. The van der Waals surface area contributed by atoms with Gasteiger partial charge in [-0.1, -0.05) is 26.0 Å². The van der Waals surface area contributed by atoms with Crippen molar-refractivity contribution < 1.29 is 29.4 Å². The second-order valence-electron chi connectivity index (χ2n) is 8.63. The first-order valence-corrected chi connectivity index (χ1v) is 11.1. The number of carbonyl (C=O) groups is 4. The Morgan fingerprint density at radius 1 is 0.943 bits per heavy atom. The number of phenols is 1. The molecule has 3 amide bonds. The Bertz CT molecular complexity index is 1010. The van der Waals surface area contributed by atoms with Crippen molar-refractivity contribution in [2.75, 3.05) is 0 Å². The van der Waals surface area contributed by atoms with Crippen molar-refractivity contribution in [3.8, 4) is 5.75 Å². The fraction of sp³-hybridized carbons (Fsp3) is 0.435. The fourth-order valence-electron chi connectivity index (χ4n) is 3.25. The van der Waals surface area contributed by atoms with Crippen LogP contribution in [0.3, 0.4) is 0 Å². The molecule has 0 aliphatic rings. The first kappa shape index (κ1) is 27.3. The van der Waals surface area contributed by atoms with Crippen molar-refractivity contribution in [3.05, 3.63) is 48.0 Å². The van der Waals surface area contributed by atoms with Crippen molar-refractivity contribution in [3.63, 3.8) is 0 Å². The minimum Gasteiger partial charge on any atom is -0.508 e. The van der Waals surface area contributed by atoms with E-state index < -0.39 is 47.9 Å². The Morgan fingerprint density at radius 2 is 1.57 bits per heavy atom. The third-order valence-electron chi connectivity index (χ3n) is 5.26. The Kier molecular flexibility index (Phi) is 9.76. The quantitative estimate of drug-likeness (QED) is 0.206. The third-order valence-corrected chi connectivity index (χ3v) is 5.26. The Hall–Kier alpha value is -3.93. The van der Waals surface area contributed by atoms with E-state index in [1.165, 1.54) is 31.6 Å². The van der Waals surface area contributed by atoms with Gasteiger partial charge in [0.1, 0.15) is 23.9 Å². The molecule has 0 aliphatic heterocycles. The largest absolute Gasteiger partial charge is 0.508 e. The van der Waals surface area contributed by atoms with Crippen molar-refractivity contribution in [1.29, 1.82) is 0 Å². The smallest absolute Gasteiger partial charge is 0.326 e. The highest BCUT2D eigenvalue weighted by atomic mass is 16.4. The molecule has 35 heavy (non-hydrogen) atoms. The molecule has 0 saturated heterocycles. The first-order chi connectivity index (χ1) is 16.5. The van der Waals surface area contributed by atoms with E-state index in [4.69, 9.17) is 5.73 Å². The van der Waals surface area contributed by atoms with E-state index in [-0.39, 0.29) is 24.5 Å². The van der Waals surface area contributed by atoms with Gasteiger partial charge in [0.15, 0.2) is 0 Å². The van der Waals surface area contributed by atoms with Gasteiger partial charge < -0.3 is 36.9 Å². The van der Waals surface area contributed by atoms with Crippen molar-refractivity contribution >= 4 is 23.7 Å². The van der Waals surface area contributed by atoms with Gasteiger partial charge in [0, 0.05) is 24.7 Å². The molecule has 1 aromatic heterocycles. The zero-order valence-electron chi connectivity index (χ0n) is 19.8. The lowest BCUT2D eigenvalue weighted by Gasteiger charge is -2.27. The van der Waals surface area contributed by atoms with Gasteiger partial charge in [-0.15, -0.1) is 0 Å². The van der Waals surface area contributed by atoms with Crippen LogP contribution in [-0.2, 0) is 32.0 Å². The molecule has 0 saturated carbocycles. The number of nitrogens with zero attached hydrogens (tertiary/aromatic N) is 1. The number of benzene rings is 1. The van der Waals surface area contributed by atoms with Crippen molar-refractivity contribution in [2.24, 2.45) is 11.7 Å². The van der Waals surface area contributed by atoms with Gasteiger partial charge in [-0.3, -0.25) is 14.4 Å². The molecule has 2 rings (SSSR count). The van der Waals surface area contributed by atoms with E-state index in [1.807, 2.05) is 0 Å². The summed E-state index contributed by atoms with van der Waals surface area (Å²) in [7, 11) is 0. The number of H-pyrrole nitrogens is 1. The molecular formula is C23H32N6O6. The average Bonchev–Trinajstić information content (AvgIpc) is 3.30. The van der Waals surface area contributed by atoms with Crippen LogP contribution < -0.4 is 21.7 Å². The van der Waals surface area contributed by atoms with Crippen molar-refractivity contribution in [2.45, 2.75) is 57.8 Å². The number of phenolic OH excluding ortho intramolecular Hbond substituents is 1. The van der Waals surface area contributed by atoms with Crippen LogP contribution in [0.4, 0.5) is 0 Å². The number of aromatic nitrogens is 2. The summed E-state index contributed by atoms with van der Waals surface area (Å²) < 4.78 is 0. The number of aliphatic carboxylic acids is 1. The number of amides is 3. The topological polar surface area (TPSA) is 200 Å². The number of carbonyl (C=O) groups excluding carboxylic acids is 3. The Labute approximate surface area is 202 Å². The summed E-state index contributed by atoms with van der Waals surface area (Å²) in [6.45, 7) is 4.88. The summed E-state index contributed by atoms with van der Waals surface area (Å²) >= 11 is 0. The molecule has 0 radical (unpaired) electrons. The molecule has 12 nitrogen and oxygen atoms in total. The number of nitrogens with two attached hydrogens (primary N) is 1. The van der Waals surface area contributed by atoms with Gasteiger partial charge in [-0.2, -0.15) is 0 Å². The van der Waals surface area contributed by atoms with Gasteiger partial charge in [0.25, 0.3) is 0 Å². The fourth-order valence-corrected chi connectivity index (χ4v) is 3.25. The van der Waals surface area contributed by atoms with Crippen LogP contribution in [0.5, 0.6) is 5.75 Å². The van der Waals surface area contributed by atoms with E-state index >= 15 is 0 Å². The summed E-state index contributed by atoms with van der Waals surface area (Å²) in [5.41, 5.74) is 6.79. The van der Waals surface area contributed by atoms with E-state index in [2.05, 4.69) is 25.9 Å². The molecule has 4 atom stereocenters. The Morgan fingerprint density at radius 3 is 2.09 bits per heavy atom. The third kappa shape index (κ3) is 8.41. The van der Waals surface area contributed by atoms with Crippen LogP contribution in [0.2, 0.25) is 0 Å². The Balaban J connectivity index is 2.14. The van der Waals surface area contributed by atoms with Gasteiger partial charge in [-0.05, 0) is 30.5 Å². The number of imidazole rings is 1. The number of carboxylic acids is 1. The molecule has 190 valence electrons. The molecule has 0 bridgehead atoms. The maximum atomic E-state index is 13.1. The van der Waals surface area contributed by atoms with Gasteiger partial charge in [0.2, 0.25) is 17.7 Å². The standard InChI is InChI=1S/C23H32N6O6/c1-12(2)19(22(33)28-18(23(34)35)8-14-4-6-16(30)7-5-14)29-21(32)17(27-20(31)13(3)24)9-15-10-25-11-26-15/h4-7,10-13,17-19,30H,8-9,24H2,1-3H3,(H,25,26)(H,27,31)(H,28,33)(H,29,32)(H,34,35). The molecule has 0 aliphatic carbocycles. The van der Waals surface area contributed by atoms with E-state index in [0.717, 1.165) is 0 Å². The molecule has 1 heterocycles. The normalized spacial score (nSPS) is 14.4. The van der Waals surface area contributed by atoms with Crippen LogP contribution >= 0.6 is 0 Å². The minimum atomic E-state index is -1.26. The lowest BCUT2D eigenvalue weighted by Crippen LogP contribution is -2.59. The van der Waals surface area contributed by atoms with E-state index in [1.54, 1.807) is 26.0 Å². The van der Waals surface area contributed by atoms with Crippen LogP contribution in [0.1, 0.15) is 32.0 Å². The number of rotatable bonds is 12. The van der Waals surface area contributed by atoms with Crippen molar-refractivity contribution in [1.82, 2.24) is 25.9 Å². The number of hydrogen-bond acceptors (Lipinski definition) is 7. The number of hydrogen-bond donors (Lipinski definition) is 7. The molecule has 4 unspecified atom stereocenters. The lowest BCUT2D eigenvalue weighted by molar-refractivity contribution is -0.142. The molecule has 12 heteroatoms. The van der Waals surface area contributed by atoms with Crippen LogP contribution in [0.25, 0.3) is 0 Å². The summed E-state index contributed by atoms with van der Waals surface area (Å²) in [6.07, 6.45) is 3.00. The minimum absolute atomic E-state index is 0.0208. The molecule has 2 aromatic rings. The molecule has 0 fully saturated rings. The predicted molar refractivity (Wildman–Crippen MR) is 126 cm³/mol. The molecule has 0 spiro atoms. The zero-order valence-corrected chi connectivity index (χ0v) is 19.8. The zero-order chi connectivity index (χ0) is 26.1. The van der Waals surface area contributed by atoms with Gasteiger partial charge >= 0.3 is 5.97 Å². The first-order valence-electron chi connectivity index (χ1n) is 11.1. The summed E-state index contributed by atoms with van der Waals surface area (Å²) in [5, 5.41) is 26.7. The number of aromatic hydroxyl groups is 1. The second-order valence-corrected chi connectivity index (χ2v) is 8.63. The summed E-state index contributed by atoms with van der Waals surface area (Å²) in [4.78, 5) is 56.7. The summed E-state index contributed by atoms with van der Waals surface area (Å²) in [6, 6.07) is 1.72. The number of aromatic amines is 1. The molecule has 1 aromatic carbocycles. The predicted octanol–water partition coefficient (Wildman–Crippen LogP) is -0.557. The SMILES string of the molecule is CC(N)C(=O)NC(Cc1cnc[nH]1)C(=O)NC(C(=O)NC(Cc1ccc(O)cc1)C(=O)O)C(C)C. The highest BCUT2D eigenvalue weighted by Crippen LogP contribution is 2.12. The maximum Gasteiger partial charge on any atom is 0.326 e. The van der Waals surface area contributed by atoms with Gasteiger partial charge in [0.05, 0.1) is 12.4 Å². The van der Waals surface area contributed by atoms with Crippen LogP contribution in [-0.4, -0.2) is 68.0 Å². The monoisotopic (exact) mass is 488 g/mol. The number of carboxylic acid groups (broad SMARTS) is 1. The second kappa shape index (κ2) is 12.5. The highest BCUT2D eigenvalue weighted by Gasteiger charge is 2.32. The molecule has 8 N–H and O–H groups in total. The molecular weight excluding hydrogens is 456 g/mol. The lowest BCUT2D eigenvalue weighted by atomic mass is 10.0.